The van der Waals surface area contributed by atoms with Gasteiger partial charge in [-0.05, 0) is 48.1 Å². The van der Waals surface area contributed by atoms with Gasteiger partial charge in [0, 0.05) is 6.20 Å². The normalized spacial score (nSPS) is 15.8. The van der Waals surface area contributed by atoms with Gasteiger partial charge in [0.15, 0.2) is 0 Å². The van der Waals surface area contributed by atoms with E-state index in [1.54, 1.807) is 12.1 Å². The van der Waals surface area contributed by atoms with Crippen molar-refractivity contribution in [3.05, 3.63) is 65.0 Å². The Morgan fingerprint density at radius 1 is 1.17 bits per heavy atom. The van der Waals surface area contributed by atoms with Gasteiger partial charge in [0.1, 0.15) is 11.8 Å². The Balaban J connectivity index is 1.64. The number of benzene rings is 1. The number of carbonyl (C=O) groups excluding carboxylic acids is 1. The van der Waals surface area contributed by atoms with Gasteiger partial charge >= 0.3 is 5.97 Å². The summed E-state index contributed by atoms with van der Waals surface area (Å²) in [7, 11) is 0. The summed E-state index contributed by atoms with van der Waals surface area (Å²) in [6.07, 6.45) is -0.517. The molecule has 1 aromatic heterocycles. The maximum atomic E-state index is 12.9. The lowest BCUT2D eigenvalue weighted by Gasteiger charge is -2.25. The van der Waals surface area contributed by atoms with Gasteiger partial charge in [-0.25, -0.2) is 13.6 Å². The molecule has 8 heteroatoms. The molecule has 1 aromatic carbocycles. The minimum absolute atomic E-state index is 0.0765. The molecule has 1 unspecified atom stereocenters. The lowest BCUT2D eigenvalue weighted by atomic mass is 10.0. The predicted octanol–water partition coefficient (Wildman–Crippen LogP) is 4.06. The number of carboxylic acids is 1. The van der Waals surface area contributed by atoms with Gasteiger partial charge in [-0.3, -0.25) is 9.78 Å². The van der Waals surface area contributed by atoms with Crippen molar-refractivity contribution in [2.24, 2.45) is 5.92 Å². The fourth-order valence-corrected chi connectivity index (χ4v) is 3.26. The molecule has 2 N–H and O–H groups in total. The second-order valence-electron chi connectivity index (χ2n) is 7.82. The third-order valence-corrected chi connectivity index (χ3v) is 5.16. The smallest absolute Gasteiger partial charge is 0.335 e. The molecule has 0 radical (unpaired) electrons. The van der Waals surface area contributed by atoms with E-state index in [0.29, 0.717) is 5.56 Å². The number of hydrogen-bond donors (Lipinski definition) is 2. The Morgan fingerprint density at radius 3 is 2.30 bits per heavy atom. The second-order valence-corrected chi connectivity index (χ2v) is 7.82. The number of ether oxygens (including phenoxy) is 1. The fourth-order valence-electron chi connectivity index (χ4n) is 3.26. The van der Waals surface area contributed by atoms with E-state index in [2.05, 4.69) is 10.3 Å². The Morgan fingerprint density at radius 2 is 1.83 bits per heavy atom. The zero-order valence-corrected chi connectivity index (χ0v) is 16.8. The summed E-state index contributed by atoms with van der Waals surface area (Å²) in [6.45, 7) is 3.81. The Hall–Kier alpha value is -2.87. The predicted molar refractivity (Wildman–Crippen MR) is 105 cm³/mol. The molecule has 0 saturated heterocycles. The molecule has 1 atom stereocenters. The molecule has 1 saturated carbocycles. The number of amides is 1. The first-order chi connectivity index (χ1) is 14.2. The topological polar surface area (TPSA) is 88.5 Å². The molecule has 3 rings (SSSR count). The van der Waals surface area contributed by atoms with Crippen molar-refractivity contribution in [2.75, 3.05) is 0 Å². The van der Waals surface area contributed by atoms with Gasteiger partial charge in [-0.2, -0.15) is 0 Å². The zero-order valence-electron chi connectivity index (χ0n) is 16.8. The summed E-state index contributed by atoms with van der Waals surface area (Å²) in [5, 5.41) is 12.1. The Kier molecular flexibility index (Phi) is 6.45. The number of aromatic carboxylic acids is 1. The standard InChI is InChI=1S/C22H24F2N2O4/c1-13(2)18(30-12-14-3-8-17(19(23)24)25-11-14)20(27)26-22(9-10-22)16-6-4-15(5-7-16)21(28)29/h3-8,11,13,18-19H,9-10,12H2,1-2H3,(H,26,27)(H,28,29). The number of carbonyl (C=O) groups is 2. The van der Waals surface area contributed by atoms with Gasteiger partial charge in [0.25, 0.3) is 6.43 Å². The molecular weight excluding hydrogens is 394 g/mol. The summed E-state index contributed by atoms with van der Waals surface area (Å²) >= 11 is 0. The Bertz CT molecular complexity index is 894. The third-order valence-electron chi connectivity index (χ3n) is 5.16. The van der Waals surface area contributed by atoms with Crippen LogP contribution in [0.2, 0.25) is 0 Å². The highest BCUT2D eigenvalue weighted by molar-refractivity contribution is 5.87. The van der Waals surface area contributed by atoms with Gasteiger partial charge in [0.2, 0.25) is 5.91 Å². The van der Waals surface area contributed by atoms with Crippen molar-refractivity contribution in [1.82, 2.24) is 10.3 Å². The first kappa shape index (κ1) is 21.8. The lowest BCUT2D eigenvalue weighted by Crippen LogP contribution is -2.44. The van der Waals surface area contributed by atoms with Crippen molar-refractivity contribution in [1.29, 1.82) is 0 Å². The number of halogens is 2. The van der Waals surface area contributed by atoms with Crippen LogP contribution in [-0.2, 0) is 21.7 Å². The summed E-state index contributed by atoms with van der Waals surface area (Å²) in [5.41, 5.74) is 0.834. The molecule has 30 heavy (non-hydrogen) atoms. The van der Waals surface area contributed by atoms with Crippen LogP contribution in [0.1, 0.15) is 60.3 Å². The van der Waals surface area contributed by atoms with E-state index in [-0.39, 0.29) is 29.7 Å². The van der Waals surface area contributed by atoms with Crippen LogP contribution < -0.4 is 5.32 Å². The van der Waals surface area contributed by atoms with E-state index < -0.39 is 24.0 Å². The van der Waals surface area contributed by atoms with Crippen LogP contribution in [0.4, 0.5) is 8.78 Å². The average molecular weight is 418 g/mol. The van der Waals surface area contributed by atoms with Crippen LogP contribution >= 0.6 is 0 Å². The third kappa shape index (κ3) is 4.99. The van der Waals surface area contributed by atoms with Crippen molar-refractivity contribution in [3.63, 3.8) is 0 Å². The fraction of sp³-hybridized carbons (Fsp3) is 0.409. The number of nitrogens with one attached hydrogen (secondary N) is 1. The van der Waals surface area contributed by atoms with Crippen LogP contribution in [0.15, 0.2) is 42.6 Å². The minimum Gasteiger partial charge on any atom is -0.478 e. The number of carboxylic acid groups (broad SMARTS) is 1. The number of alkyl halides is 2. The van der Waals surface area contributed by atoms with Gasteiger partial charge < -0.3 is 15.2 Å². The molecule has 1 aliphatic carbocycles. The van der Waals surface area contributed by atoms with Crippen LogP contribution in [-0.4, -0.2) is 28.1 Å². The first-order valence-electron chi connectivity index (χ1n) is 9.72. The minimum atomic E-state index is -2.63. The second kappa shape index (κ2) is 8.87. The molecule has 0 bridgehead atoms. The molecule has 0 spiro atoms. The van der Waals surface area contributed by atoms with Gasteiger partial charge in [-0.1, -0.05) is 32.0 Å². The molecule has 2 aromatic rings. The number of pyridine rings is 1. The van der Waals surface area contributed by atoms with Gasteiger partial charge in [0.05, 0.1) is 17.7 Å². The maximum absolute atomic E-state index is 12.9. The maximum Gasteiger partial charge on any atom is 0.335 e. The van der Waals surface area contributed by atoms with E-state index >= 15 is 0 Å². The van der Waals surface area contributed by atoms with Crippen LogP contribution in [0.25, 0.3) is 0 Å². The summed E-state index contributed by atoms with van der Waals surface area (Å²) in [5.74, 6) is -1.37. The zero-order chi connectivity index (χ0) is 21.9. The highest BCUT2D eigenvalue weighted by atomic mass is 19.3. The van der Waals surface area contributed by atoms with E-state index in [1.807, 2.05) is 13.8 Å². The van der Waals surface area contributed by atoms with Crippen LogP contribution in [0.5, 0.6) is 0 Å². The van der Waals surface area contributed by atoms with Crippen molar-refractivity contribution < 1.29 is 28.2 Å². The quantitative estimate of drug-likeness (QED) is 0.641. The van der Waals surface area contributed by atoms with E-state index in [1.165, 1.54) is 30.5 Å². The van der Waals surface area contributed by atoms with Crippen molar-refractivity contribution in [2.45, 2.75) is 51.4 Å². The molecule has 1 fully saturated rings. The van der Waals surface area contributed by atoms with E-state index in [0.717, 1.165) is 18.4 Å². The van der Waals surface area contributed by atoms with Crippen LogP contribution in [0.3, 0.4) is 0 Å². The molecular formula is C22H24F2N2O4. The average Bonchev–Trinajstić information content (AvgIpc) is 3.48. The number of nitrogens with zero attached hydrogens (tertiary/aromatic N) is 1. The van der Waals surface area contributed by atoms with Crippen molar-refractivity contribution >= 4 is 11.9 Å². The van der Waals surface area contributed by atoms with Gasteiger partial charge in [-0.15, -0.1) is 0 Å². The largest absolute Gasteiger partial charge is 0.478 e. The SMILES string of the molecule is CC(C)C(OCc1ccc(C(F)F)nc1)C(=O)NC1(c2ccc(C(=O)O)cc2)CC1. The lowest BCUT2D eigenvalue weighted by molar-refractivity contribution is -0.137. The molecule has 1 heterocycles. The number of rotatable bonds is 9. The Labute approximate surface area is 173 Å². The van der Waals surface area contributed by atoms with E-state index in [4.69, 9.17) is 9.84 Å². The number of hydrogen-bond acceptors (Lipinski definition) is 4. The van der Waals surface area contributed by atoms with E-state index in [9.17, 15) is 18.4 Å². The monoisotopic (exact) mass is 418 g/mol. The molecule has 1 aliphatic rings. The van der Waals surface area contributed by atoms with Crippen molar-refractivity contribution in [3.8, 4) is 0 Å². The van der Waals surface area contributed by atoms with Crippen LogP contribution in [0, 0.1) is 5.92 Å². The highest BCUT2D eigenvalue weighted by Gasteiger charge is 2.46. The molecule has 1 amide bonds. The first-order valence-corrected chi connectivity index (χ1v) is 9.72. The highest BCUT2D eigenvalue weighted by Crippen LogP contribution is 2.45. The summed E-state index contributed by atoms with van der Waals surface area (Å²) in [6, 6.07) is 9.24. The molecule has 160 valence electrons. The number of aromatic nitrogens is 1. The molecule has 0 aliphatic heterocycles. The summed E-state index contributed by atoms with van der Waals surface area (Å²) in [4.78, 5) is 27.6. The summed E-state index contributed by atoms with van der Waals surface area (Å²) < 4.78 is 31.0. The molecule has 6 nitrogen and oxygen atoms in total.